The highest BCUT2D eigenvalue weighted by Crippen LogP contribution is 2.15. The molecule has 0 aliphatic carbocycles. The van der Waals surface area contributed by atoms with Crippen molar-refractivity contribution in [3.63, 3.8) is 0 Å². The maximum atomic E-state index is 14.1. The second-order valence-electron chi connectivity index (χ2n) is 6.49. The van der Waals surface area contributed by atoms with Crippen molar-refractivity contribution in [2.45, 2.75) is 38.8 Å². The standard InChI is InChI=1S/C20H29FN4O2.HI/c1-3-23-20(24-15-17-6-5-16(14-22)13-19(17)21)25-9-7-18(8-10-25)27-12-4-11-26-2;/h5-6,13,18H,3-4,7-12,15H2,1-2H3,(H,23,24);1H. The molecule has 6 nitrogen and oxygen atoms in total. The Morgan fingerprint density at radius 3 is 2.71 bits per heavy atom. The zero-order valence-corrected chi connectivity index (χ0v) is 18.9. The van der Waals surface area contributed by atoms with Gasteiger partial charge in [0.15, 0.2) is 5.96 Å². The Hall–Kier alpha value is -1.44. The smallest absolute Gasteiger partial charge is 0.194 e. The molecule has 28 heavy (non-hydrogen) atoms. The Kier molecular flexibility index (Phi) is 12.0. The van der Waals surface area contributed by atoms with Crippen molar-refractivity contribution in [2.75, 3.05) is 40.0 Å². The number of aliphatic imine (C=N–C) groups is 1. The van der Waals surface area contributed by atoms with Crippen LogP contribution in [0.4, 0.5) is 4.39 Å². The molecule has 1 heterocycles. The Bertz CT molecular complexity index is 658. The Labute approximate surface area is 184 Å². The van der Waals surface area contributed by atoms with Crippen molar-refractivity contribution in [1.29, 1.82) is 5.26 Å². The summed E-state index contributed by atoms with van der Waals surface area (Å²) >= 11 is 0. The van der Waals surface area contributed by atoms with Crippen molar-refractivity contribution in [3.05, 3.63) is 35.1 Å². The van der Waals surface area contributed by atoms with E-state index < -0.39 is 5.82 Å². The average molecular weight is 504 g/mol. The van der Waals surface area contributed by atoms with E-state index in [1.807, 2.05) is 13.0 Å². The summed E-state index contributed by atoms with van der Waals surface area (Å²) in [5, 5.41) is 12.1. The van der Waals surface area contributed by atoms with Crippen LogP contribution in [0.2, 0.25) is 0 Å². The predicted octanol–water partition coefficient (Wildman–Crippen LogP) is 3.30. The van der Waals surface area contributed by atoms with E-state index in [2.05, 4.69) is 15.2 Å². The summed E-state index contributed by atoms with van der Waals surface area (Å²) in [5.74, 6) is 0.399. The Morgan fingerprint density at radius 1 is 1.36 bits per heavy atom. The largest absolute Gasteiger partial charge is 0.385 e. The molecule has 1 aliphatic heterocycles. The minimum Gasteiger partial charge on any atom is -0.385 e. The fraction of sp³-hybridized carbons (Fsp3) is 0.600. The molecule has 0 spiro atoms. The van der Waals surface area contributed by atoms with Gasteiger partial charge in [0, 0.05) is 45.5 Å². The molecule has 1 aromatic carbocycles. The molecule has 8 heteroatoms. The number of piperidine rings is 1. The van der Waals surface area contributed by atoms with Crippen LogP contribution in [-0.4, -0.2) is 56.9 Å². The van der Waals surface area contributed by atoms with E-state index in [1.165, 1.54) is 6.07 Å². The van der Waals surface area contributed by atoms with Crippen LogP contribution in [0.25, 0.3) is 0 Å². The van der Waals surface area contributed by atoms with E-state index >= 15 is 0 Å². The summed E-state index contributed by atoms with van der Waals surface area (Å²) in [6.07, 6.45) is 3.08. The van der Waals surface area contributed by atoms with Crippen LogP contribution in [0.3, 0.4) is 0 Å². The third-order valence-corrected chi connectivity index (χ3v) is 4.50. The van der Waals surface area contributed by atoms with Gasteiger partial charge in [-0.1, -0.05) is 6.07 Å². The first kappa shape index (κ1) is 24.6. The summed E-state index contributed by atoms with van der Waals surface area (Å²) in [5.41, 5.74) is 0.806. The first-order valence-electron chi connectivity index (χ1n) is 9.50. The van der Waals surface area contributed by atoms with Gasteiger partial charge in [-0.05, 0) is 38.3 Å². The van der Waals surface area contributed by atoms with Crippen LogP contribution in [-0.2, 0) is 16.0 Å². The normalized spacial score (nSPS) is 15.1. The minimum absolute atomic E-state index is 0. The van der Waals surface area contributed by atoms with Crippen LogP contribution in [0.15, 0.2) is 23.2 Å². The lowest BCUT2D eigenvalue weighted by Crippen LogP contribution is -2.47. The van der Waals surface area contributed by atoms with Crippen molar-refractivity contribution in [2.24, 2.45) is 4.99 Å². The average Bonchev–Trinajstić information content (AvgIpc) is 2.70. The predicted molar refractivity (Wildman–Crippen MR) is 118 cm³/mol. The fourth-order valence-electron chi connectivity index (χ4n) is 3.02. The number of benzene rings is 1. The summed E-state index contributed by atoms with van der Waals surface area (Å²) in [6, 6.07) is 6.44. The first-order valence-corrected chi connectivity index (χ1v) is 9.50. The molecule has 156 valence electrons. The molecule has 0 atom stereocenters. The summed E-state index contributed by atoms with van der Waals surface area (Å²) in [7, 11) is 1.70. The SMILES string of the molecule is CCNC(=NCc1ccc(C#N)cc1F)N1CCC(OCCCOC)CC1.I. The van der Waals surface area contributed by atoms with Crippen LogP contribution in [0.5, 0.6) is 0 Å². The van der Waals surface area contributed by atoms with Gasteiger partial charge in [-0.15, -0.1) is 24.0 Å². The molecule has 1 aromatic rings. The minimum atomic E-state index is -0.392. The van der Waals surface area contributed by atoms with E-state index in [-0.39, 0.29) is 36.6 Å². The third kappa shape index (κ3) is 7.89. The highest BCUT2D eigenvalue weighted by Gasteiger charge is 2.21. The zero-order chi connectivity index (χ0) is 19.5. The maximum absolute atomic E-state index is 14.1. The van der Waals surface area contributed by atoms with Gasteiger partial charge in [-0.3, -0.25) is 0 Å². The first-order chi connectivity index (χ1) is 13.2. The molecule has 1 fully saturated rings. The molecule has 0 unspecified atom stereocenters. The van der Waals surface area contributed by atoms with Gasteiger partial charge in [0.1, 0.15) is 5.82 Å². The summed E-state index contributed by atoms with van der Waals surface area (Å²) < 4.78 is 25.0. The molecule has 2 rings (SSSR count). The molecule has 1 saturated heterocycles. The number of ether oxygens (including phenoxy) is 2. The molecular formula is C20H30FIN4O2. The van der Waals surface area contributed by atoms with Crippen LogP contribution in [0, 0.1) is 17.1 Å². The van der Waals surface area contributed by atoms with Crippen molar-refractivity contribution in [3.8, 4) is 6.07 Å². The van der Waals surface area contributed by atoms with E-state index in [0.717, 1.165) is 58.1 Å². The number of methoxy groups -OCH3 is 1. The topological polar surface area (TPSA) is 69.9 Å². The summed E-state index contributed by atoms with van der Waals surface area (Å²) in [6.45, 7) is 6.18. The van der Waals surface area contributed by atoms with Gasteiger partial charge in [-0.2, -0.15) is 5.26 Å². The molecule has 1 N–H and O–H groups in total. The molecule has 0 bridgehead atoms. The van der Waals surface area contributed by atoms with Crippen LogP contribution >= 0.6 is 24.0 Å². The van der Waals surface area contributed by atoms with Gasteiger partial charge in [0.05, 0.1) is 24.3 Å². The molecule has 0 saturated carbocycles. The Morgan fingerprint density at radius 2 is 2.11 bits per heavy atom. The number of nitrogens with zero attached hydrogens (tertiary/aromatic N) is 3. The number of rotatable bonds is 8. The van der Waals surface area contributed by atoms with E-state index in [0.29, 0.717) is 11.1 Å². The summed E-state index contributed by atoms with van der Waals surface area (Å²) in [4.78, 5) is 6.78. The van der Waals surface area contributed by atoms with Gasteiger partial charge in [-0.25, -0.2) is 9.38 Å². The third-order valence-electron chi connectivity index (χ3n) is 4.50. The quantitative estimate of drug-likeness (QED) is 0.255. The highest BCUT2D eigenvalue weighted by molar-refractivity contribution is 14.0. The second kappa shape index (κ2) is 13.7. The molecular weight excluding hydrogens is 474 g/mol. The van der Waals surface area contributed by atoms with Gasteiger partial charge < -0.3 is 19.7 Å². The highest BCUT2D eigenvalue weighted by atomic mass is 127. The number of nitriles is 1. The van der Waals surface area contributed by atoms with Crippen molar-refractivity contribution < 1.29 is 13.9 Å². The lowest BCUT2D eigenvalue weighted by atomic mass is 10.1. The number of guanidine groups is 1. The van der Waals surface area contributed by atoms with Gasteiger partial charge in [0.2, 0.25) is 0 Å². The van der Waals surface area contributed by atoms with Gasteiger partial charge >= 0.3 is 0 Å². The van der Waals surface area contributed by atoms with Crippen molar-refractivity contribution >= 4 is 29.9 Å². The van der Waals surface area contributed by atoms with Crippen molar-refractivity contribution in [1.82, 2.24) is 10.2 Å². The van der Waals surface area contributed by atoms with E-state index in [1.54, 1.807) is 19.2 Å². The molecule has 0 amide bonds. The molecule has 0 radical (unpaired) electrons. The van der Waals surface area contributed by atoms with Crippen LogP contribution in [0.1, 0.15) is 37.3 Å². The van der Waals surface area contributed by atoms with Gasteiger partial charge in [0.25, 0.3) is 0 Å². The zero-order valence-electron chi connectivity index (χ0n) is 16.6. The second-order valence-corrected chi connectivity index (χ2v) is 6.49. The number of likely N-dealkylation sites (tertiary alicyclic amines) is 1. The lowest BCUT2D eigenvalue weighted by Gasteiger charge is -2.34. The molecule has 1 aliphatic rings. The number of hydrogen-bond acceptors (Lipinski definition) is 4. The number of nitrogens with one attached hydrogen (secondary N) is 1. The fourth-order valence-corrected chi connectivity index (χ4v) is 3.02. The van der Waals surface area contributed by atoms with E-state index in [9.17, 15) is 4.39 Å². The number of hydrogen-bond donors (Lipinski definition) is 1. The lowest BCUT2D eigenvalue weighted by molar-refractivity contribution is 0.00990. The monoisotopic (exact) mass is 504 g/mol. The molecule has 0 aromatic heterocycles. The van der Waals surface area contributed by atoms with E-state index in [4.69, 9.17) is 14.7 Å². The number of halogens is 2. The van der Waals surface area contributed by atoms with Crippen LogP contribution < -0.4 is 5.32 Å². The Balaban J connectivity index is 0.00000392. The maximum Gasteiger partial charge on any atom is 0.194 e.